The van der Waals surface area contributed by atoms with E-state index in [1.54, 1.807) is 24.3 Å². The fraction of sp³-hybridized carbons (Fsp3) is 0.259. The Hall–Kier alpha value is -4.19. The van der Waals surface area contributed by atoms with Crippen LogP contribution in [0.5, 0.6) is 0 Å². The zero-order valence-corrected chi connectivity index (χ0v) is 26.9. The Labute approximate surface area is 270 Å². The van der Waals surface area contributed by atoms with Crippen molar-refractivity contribution in [3.8, 4) is 0 Å². The summed E-state index contributed by atoms with van der Waals surface area (Å²) in [6.45, 7) is 4.45. The van der Waals surface area contributed by atoms with Crippen LogP contribution < -0.4 is 31.9 Å². The Morgan fingerprint density at radius 2 is 1.16 bits per heavy atom. The minimum atomic E-state index is -4.59. The van der Waals surface area contributed by atoms with Crippen LogP contribution in [-0.4, -0.2) is 83.1 Å². The van der Waals surface area contributed by atoms with Gasteiger partial charge in [0.1, 0.15) is 4.90 Å². The van der Waals surface area contributed by atoms with E-state index in [0.717, 1.165) is 17.7 Å². The quantitative estimate of drug-likeness (QED) is 0.0543. The van der Waals surface area contributed by atoms with E-state index in [2.05, 4.69) is 61.8 Å². The van der Waals surface area contributed by atoms with Crippen LogP contribution in [0.15, 0.2) is 41.3 Å². The van der Waals surface area contributed by atoms with E-state index in [-0.39, 0.29) is 38.9 Å². The summed E-state index contributed by atoms with van der Waals surface area (Å²) in [4.78, 5) is 24.5. The van der Waals surface area contributed by atoms with E-state index in [0.29, 0.717) is 37.0 Å². The lowest BCUT2D eigenvalue weighted by Crippen LogP contribution is -2.19. The lowest BCUT2D eigenvalue weighted by molar-refractivity contribution is 0.483. The van der Waals surface area contributed by atoms with Crippen molar-refractivity contribution in [2.75, 3.05) is 61.5 Å². The summed E-state index contributed by atoms with van der Waals surface area (Å²) in [6.07, 6.45) is 3.34. The van der Waals surface area contributed by atoms with E-state index in [4.69, 9.17) is 23.2 Å². The standard InChI is InChI=1S/C27H32Cl2N12O3S/c1-16-14-19(34-26-38-22(28)36-24(40-26)32-12-10-30-2)8-6-17(16)4-5-18-7-9-20(15-21(18)45(42,43)44)35-27-39-23(29)37-25(41-27)33-13-11-31-3/h4-9,14-15,30-31H,10-13H2,1-3H3,(H,42,43,44)(H2,32,34,36,38,40)(H2,33,35,37,39,41)/b5-4+. The Balaban J connectivity index is 1.51. The van der Waals surface area contributed by atoms with E-state index in [9.17, 15) is 13.0 Å². The zero-order valence-electron chi connectivity index (χ0n) is 24.6. The molecule has 0 spiro atoms. The molecule has 2 aromatic carbocycles. The van der Waals surface area contributed by atoms with E-state index >= 15 is 0 Å². The van der Waals surface area contributed by atoms with Crippen molar-refractivity contribution in [2.45, 2.75) is 11.8 Å². The first-order valence-corrected chi connectivity index (χ1v) is 15.8. The van der Waals surface area contributed by atoms with Crippen molar-refractivity contribution >= 4 is 80.6 Å². The smallest absolute Gasteiger partial charge is 0.295 e. The highest BCUT2D eigenvalue weighted by atomic mass is 35.5. The summed E-state index contributed by atoms with van der Waals surface area (Å²) in [5, 5.41) is 18.1. The number of halogens is 2. The van der Waals surface area contributed by atoms with Gasteiger partial charge in [-0.05, 0) is 85.2 Å². The van der Waals surface area contributed by atoms with Crippen molar-refractivity contribution < 1.29 is 13.0 Å². The van der Waals surface area contributed by atoms with Gasteiger partial charge in [0, 0.05) is 37.6 Å². The van der Waals surface area contributed by atoms with Gasteiger partial charge in [0.15, 0.2) is 0 Å². The fourth-order valence-electron chi connectivity index (χ4n) is 3.92. The van der Waals surface area contributed by atoms with Crippen LogP contribution >= 0.6 is 23.2 Å². The van der Waals surface area contributed by atoms with Crippen LogP contribution in [0.1, 0.15) is 16.7 Å². The molecule has 15 nitrogen and oxygen atoms in total. The van der Waals surface area contributed by atoms with Gasteiger partial charge in [-0.3, -0.25) is 4.55 Å². The molecule has 4 rings (SSSR count). The van der Waals surface area contributed by atoms with Crippen LogP contribution in [0, 0.1) is 6.92 Å². The normalized spacial score (nSPS) is 11.5. The summed E-state index contributed by atoms with van der Waals surface area (Å²) in [5.74, 6) is 0.963. The molecule has 0 unspecified atom stereocenters. The first-order chi connectivity index (χ1) is 21.5. The van der Waals surface area contributed by atoms with Crippen LogP contribution in [-0.2, 0) is 10.1 Å². The van der Waals surface area contributed by atoms with Gasteiger partial charge >= 0.3 is 0 Å². The number of rotatable bonds is 15. The molecule has 18 heteroatoms. The fourth-order valence-corrected chi connectivity index (χ4v) is 4.95. The number of nitrogens with one attached hydrogen (secondary N) is 6. The summed E-state index contributed by atoms with van der Waals surface area (Å²) in [5.41, 5.74) is 2.98. The third-order valence-corrected chi connectivity index (χ3v) is 7.30. The number of aryl methyl sites for hydroxylation is 1. The number of hydrogen-bond acceptors (Lipinski definition) is 14. The third-order valence-electron chi connectivity index (χ3n) is 6.05. The first kappa shape index (κ1) is 33.7. The first-order valence-electron chi connectivity index (χ1n) is 13.6. The average Bonchev–Trinajstić information content (AvgIpc) is 2.96. The molecule has 2 aromatic heterocycles. The zero-order chi connectivity index (χ0) is 32.4. The van der Waals surface area contributed by atoms with Crippen molar-refractivity contribution in [3.05, 3.63) is 63.7 Å². The van der Waals surface area contributed by atoms with Gasteiger partial charge in [0.05, 0.1) is 0 Å². The molecule has 2 heterocycles. The van der Waals surface area contributed by atoms with E-state index in [1.165, 1.54) is 6.07 Å². The van der Waals surface area contributed by atoms with Gasteiger partial charge in [0.2, 0.25) is 34.4 Å². The Kier molecular flexibility index (Phi) is 11.8. The summed E-state index contributed by atoms with van der Waals surface area (Å²) < 4.78 is 34.6. The molecule has 4 aromatic rings. The predicted octanol–water partition coefficient (Wildman–Crippen LogP) is 3.84. The molecule has 0 aliphatic rings. The molecule has 0 amide bonds. The highest BCUT2D eigenvalue weighted by molar-refractivity contribution is 7.86. The van der Waals surface area contributed by atoms with Gasteiger partial charge in [0.25, 0.3) is 10.1 Å². The number of hydrogen-bond donors (Lipinski definition) is 7. The second kappa shape index (κ2) is 15.7. The van der Waals surface area contributed by atoms with Crippen LogP contribution in [0.2, 0.25) is 10.6 Å². The third kappa shape index (κ3) is 10.2. The molecule has 0 radical (unpaired) electrons. The van der Waals surface area contributed by atoms with E-state index in [1.807, 2.05) is 39.2 Å². The van der Waals surface area contributed by atoms with Gasteiger partial charge in [-0.15, -0.1) is 0 Å². The van der Waals surface area contributed by atoms with Crippen LogP contribution in [0.4, 0.5) is 35.2 Å². The van der Waals surface area contributed by atoms with Gasteiger partial charge in [-0.2, -0.15) is 38.3 Å². The van der Waals surface area contributed by atoms with Crippen molar-refractivity contribution in [1.82, 2.24) is 40.5 Å². The topological polar surface area (TPSA) is 204 Å². The molecule has 0 aliphatic heterocycles. The highest BCUT2D eigenvalue weighted by Gasteiger charge is 2.16. The Morgan fingerprint density at radius 3 is 1.64 bits per heavy atom. The number of benzene rings is 2. The molecule has 0 saturated carbocycles. The SMILES string of the molecule is CNCCNc1nc(Cl)nc(Nc2ccc(/C=C/c3ccc(Nc4nc(Cl)nc(NCCNC)n4)cc3S(=O)(=O)O)c(C)c2)n1. The molecule has 0 bridgehead atoms. The summed E-state index contributed by atoms with van der Waals surface area (Å²) >= 11 is 12.1. The second-order valence-corrected chi connectivity index (χ2v) is 11.5. The predicted molar refractivity (Wildman–Crippen MR) is 177 cm³/mol. The lowest BCUT2D eigenvalue weighted by Gasteiger charge is -2.11. The Morgan fingerprint density at radius 1 is 0.689 bits per heavy atom. The number of anilines is 6. The van der Waals surface area contributed by atoms with Gasteiger partial charge in [-0.25, -0.2) is 0 Å². The minimum absolute atomic E-state index is 0.0469. The number of nitrogens with zero attached hydrogens (tertiary/aromatic N) is 6. The van der Waals surface area contributed by atoms with Crippen LogP contribution in [0.25, 0.3) is 12.2 Å². The molecule has 7 N–H and O–H groups in total. The number of aromatic nitrogens is 6. The van der Waals surface area contributed by atoms with Crippen molar-refractivity contribution in [3.63, 3.8) is 0 Å². The second-order valence-electron chi connectivity index (χ2n) is 9.45. The molecule has 0 saturated heterocycles. The molecule has 0 fully saturated rings. The molecular formula is C27H32Cl2N12O3S. The minimum Gasteiger partial charge on any atom is -0.353 e. The largest absolute Gasteiger partial charge is 0.353 e. The highest BCUT2D eigenvalue weighted by Crippen LogP contribution is 2.26. The summed E-state index contributed by atoms with van der Waals surface area (Å²) in [6, 6.07) is 10.00. The van der Waals surface area contributed by atoms with Crippen molar-refractivity contribution in [2.24, 2.45) is 0 Å². The average molecular weight is 676 g/mol. The summed E-state index contributed by atoms with van der Waals surface area (Å²) in [7, 11) is -0.932. The maximum Gasteiger partial charge on any atom is 0.295 e. The monoisotopic (exact) mass is 674 g/mol. The van der Waals surface area contributed by atoms with E-state index < -0.39 is 10.1 Å². The van der Waals surface area contributed by atoms with Gasteiger partial charge < -0.3 is 31.9 Å². The molecule has 45 heavy (non-hydrogen) atoms. The number of likely N-dealkylation sites (N-methyl/N-ethyl adjacent to an activating group) is 2. The maximum absolute atomic E-state index is 12.3. The van der Waals surface area contributed by atoms with Gasteiger partial charge in [-0.1, -0.05) is 24.3 Å². The molecular weight excluding hydrogens is 643 g/mol. The molecule has 238 valence electrons. The van der Waals surface area contributed by atoms with Crippen molar-refractivity contribution in [1.29, 1.82) is 0 Å². The Bertz CT molecular complexity index is 1780. The molecule has 0 atom stereocenters. The lowest BCUT2D eigenvalue weighted by atomic mass is 10.1. The maximum atomic E-state index is 12.3. The molecule has 0 aliphatic carbocycles. The van der Waals surface area contributed by atoms with Crippen LogP contribution in [0.3, 0.4) is 0 Å².